The van der Waals surface area contributed by atoms with Crippen LogP contribution in [0.5, 0.6) is 0 Å². The van der Waals surface area contributed by atoms with Gasteiger partial charge in [-0.1, -0.05) is 60.7 Å². The molecule has 5 rings (SSSR count). The Bertz CT molecular complexity index is 947. The number of epoxide rings is 1. The molecule has 166 valence electrons. The molecule has 0 amide bonds. The fourth-order valence-corrected chi connectivity index (χ4v) is 4.40. The van der Waals surface area contributed by atoms with E-state index in [4.69, 9.17) is 18.8 Å². The van der Waals surface area contributed by atoms with Crippen LogP contribution in [-0.2, 0) is 25.4 Å². The van der Waals surface area contributed by atoms with Gasteiger partial charge in [-0.05, 0) is 30.4 Å². The molecule has 4 atom stereocenters. The molecule has 0 radical (unpaired) electrons. The van der Waals surface area contributed by atoms with Gasteiger partial charge in [-0.25, -0.2) is 0 Å². The molecule has 1 saturated carbocycles. The Labute approximate surface area is 187 Å². The van der Waals surface area contributed by atoms with Crippen LogP contribution < -0.4 is 0 Å². The largest absolute Gasteiger partial charge is 0.633 e. The molecule has 1 saturated heterocycles. The lowest BCUT2D eigenvalue weighted by molar-refractivity contribution is 0.00725. The van der Waals surface area contributed by atoms with Gasteiger partial charge in [0.25, 0.3) is 11.9 Å². The molecule has 0 spiro atoms. The highest BCUT2D eigenvalue weighted by Gasteiger charge is 2.56. The van der Waals surface area contributed by atoms with Crippen molar-refractivity contribution in [3.05, 3.63) is 96.1 Å². The zero-order valence-corrected chi connectivity index (χ0v) is 17.6. The van der Waals surface area contributed by atoms with E-state index in [0.29, 0.717) is 6.61 Å². The van der Waals surface area contributed by atoms with E-state index in [1.54, 1.807) is 4.90 Å². The van der Waals surface area contributed by atoms with Crippen LogP contribution in [0.15, 0.2) is 85.0 Å². The molecule has 7 nitrogen and oxygen atoms in total. The third-order valence-electron chi connectivity index (χ3n) is 6.02. The van der Waals surface area contributed by atoms with Crippen LogP contribution in [0.2, 0.25) is 0 Å². The first-order chi connectivity index (χ1) is 15.7. The Kier molecular flexibility index (Phi) is 5.96. The molecule has 2 fully saturated rings. The predicted molar refractivity (Wildman–Crippen MR) is 118 cm³/mol. The Morgan fingerprint density at radius 1 is 0.906 bits per heavy atom. The van der Waals surface area contributed by atoms with E-state index in [2.05, 4.69) is 0 Å². The molecule has 32 heavy (non-hydrogen) atoms. The van der Waals surface area contributed by atoms with Crippen molar-refractivity contribution >= 4 is 7.12 Å². The standard InChI is InChI=1S/C24H26BNO6/c27-21-14-26(19-12-7-13-20(19)29-16-17-8-3-1-4-9-17)15-22(28)32-25(31-21)24-23(30-24)18-10-5-2-6-11-18/h1-6,8-11,14-15,19-20,23-24,27-28H,7,12-13,16H2/b21-14-,22-15-/t19?,20-,23?,24?/m0/s1. The molecule has 2 heterocycles. The molecule has 3 aliphatic rings. The van der Waals surface area contributed by atoms with Gasteiger partial charge < -0.3 is 33.9 Å². The van der Waals surface area contributed by atoms with Crippen molar-refractivity contribution in [3.8, 4) is 0 Å². The summed E-state index contributed by atoms with van der Waals surface area (Å²) in [5.41, 5.74) is 2.10. The Morgan fingerprint density at radius 3 is 2.25 bits per heavy atom. The van der Waals surface area contributed by atoms with Crippen molar-refractivity contribution in [2.24, 2.45) is 0 Å². The SMILES string of the molecule is O/C1=C/N(C2CCC[C@@H]2OCc2ccccc2)/C=C(/O)OB(C2OC2c2ccccc2)O1. The second kappa shape index (κ2) is 9.18. The van der Waals surface area contributed by atoms with E-state index < -0.39 is 13.1 Å². The number of hydrogen-bond acceptors (Lipinski definition) is 7. The van der Waals surface area contributed by atoms with E-state index in [1.807, 2.05) is 60.7 Å². The second-order valence-corrected chi connectivity index (χ2v) is 8.25. The minimum absolute atomic E-state index is 0.0484. The van der Waals surface area contributed by atoms with E-state index >= 15 is 0 Å². The van der Waals surface area contributed by atoms with Gasteiger partial charge in [0, 0.05) is 0 Å². The van der Waals surface area contributed by atoms with Gasteiger partial charge in [0.15, 0.2) is 6.00 Å². The van der Waals surface area contributed by atoms with Crippen LogP contribution in [0.1, 0.15) is 36.5 Å². The first-order valence-electron chi connectivity index (χ1n) is 11.0. The fourth-order valence-electron chi connectivity index (χ4n) is 4.40. The van der Waals surface area contributed by atoms with Gasteiger partial charge in [-0.15, -0.1) is 0 Å². The lowest BCUT2D eigenvalue weighted by atomic mass is 9.80. The summed E-state index contributed by atoms with van der Waals surface area (Å²) < 4.78 is 23.0. The summed E-state index contributed by atoms with van der Waals surface area (Å²) in [4.78, 5) is 1.71. The number of hydrogen-bond donors (Lipinski definition) is 2. The van der Waals surface area contributed by atoms with Crippen LogP contribution in [0, 0.1) is 0 Å². The van der Waals surface area contributed by atoms with Crippen LogP contribution in [0.4, 0.5) is 0 Å². The Balaban J connectivity index is 1.24. The van der Waals surface area contributed by atoms with Crippen molar-refractivity contribution in [2.45, 2.75) is 50.1 Å². The maximum Gasteiger partial charge on any atom is 0.633 e. The zero-order valence-electron chi connectivity index (χ0n) is 17.6. The van der Waals surface area contributed by atoms with Crippen LogP contribution in [0.3, 0.4) is 0 Å². The highest BCUT2D eigenvalue weighted by atomic mass is 16.7. The summed E-state index contributed by atoms with van der Waals surface area (Å²) in [6, 6.07) is 19.2. The molecule has 2 aromatic rings. The summed E-state index contributed by atoms with van der Waals surface area (Å²) in [6.45, 7) is 0.510. The van der Waals surface area contributed by atoms with E-state index in [-0.39, 0.29) is 30.1 Å². The Hall–Kier alpha value is -3.10. The highest BCUT2D eigenvalue weighted by Crippen LogP contribution is 2.41. The summed E-state index contributed by atoms with van der Waals surface area (Å²) in [7, 11) is -0.955. The Morgan fingerprint density at radius 2 is 1.56 bits per heavy atom. The van der Waals surface area contributed by atoms with Crippen molar-refractivity contribution < 1.29 is 29.0 Å². The maximum absolute atomic E-state index is 10.4. The summed E-state index contributed by atoms with van der Waals surface area (Å²) in [5, 5.41) is 20.9. The van der Waals surface area contributed by atoms with Crippen molar-refractivity contribution in [1.82, 2.24) is 4.90 Å². The van der Waals surface area contributed by atoms with Gasteiger partial charge >= 0.3 is 7.12 Å². The molecule has 2 N–H and O–H groups in total. The van der Waals surface area contributed by atoms with Crippen molar-refractivity contribution in [3.63, 3.8) is 0 Å². The normalized spacial score (nSPS) is 30.8. The predicted octanol–water partition coefficient (Wildman–Crippen LogP) is 4.35. The fraction of sp³-hybridized carbons (Fsp3) is 0.333. The van der Waals surface area contributed by atoms with Crippen LogP contribution >= 0.6 is 0 Å². The minimum Gasteiger partial charge on any atom is -0.496 e. The summed E-state index contributed by atoms with van der Waals surface area (Å²) in [6.07, 6.45) is 5.44. The van der Waals surface area contributed by atoms with Gasteiger partial charge in [0.1, 0.15) is 6.10 Å². The highest BCUT2D eigenvalue weighted by molar-refractivity contribution is 6.48. The minimum atomic E-state index is -0.955. The van der Waals surface area contributed by atoms with Gasteiger partial charge in [-0.3, -0.25) is 0 Å². The number of nitrogens with zero attached hydrogens (tertiary/aromatic N) is 1. The third-order valence-corrected chi connectivity index (χ3v) is 6.02. The molecular weight excluding hydrogens is 409 g/mol. The average Bonchev–Trinajstić information content (AvgIpc) is 3.46. The van der Waals surface area contributed by atoms with Gasteiger partial charge in [0.05, 0.1) is 31.2 Å². The van der Waals surface area contributed by atoms with E-state index in [0.717, 1.165) is 30.4 Å². The molecule has 8 heteroatoms. The smallest absolute Gasteiger partial charge is 0.496 e. The summed E-state index contributed by atoms with van der Waals surface area (Å²) >= 11 is 0. The molecule has 2 aromatic carbocycles. The second-order valence-electron chi connectivity index (χ2n) is 8.25. The van der Waals surface area contributed by atoms with E-state index in [9.17, 15) is 10.2 Å². The lowest BCUT2D eigenvalue weighted by Crippen LogP contribution is -2.38. The van der Waals surface area contributed by atoms with E-state index in [1.165, 1.54) is 12.4 Å². The average molecular weight is 435 g/mol. The number of aliphatic hydroxyl groups excluding tert-OH is 2. The molecule has 0 bridgehead atoms. The van der Waals surface area contributed by atoms with Gasteiger partial charge in [-0.2, -0.15) is 0 Å². The van der Waals surface area contributed by atoms with Crippen molar-refractivity contribution in [1.29, 1.82) is 0 Å². The first kappa shape index (κ1) is 20.8. The maximum atomic E-state index is 10.4. The monoisotopic (exact) mass is 435 g/mol. The molecule has 2 aliphatic heterocycles. The van der Waals surface area contributed by atoms with Crippen LogP contribution in [-0.4, -0.2) is 40.4 Å². The summed E-state index contributed by atoms with van der Waals surface area (Å²) in [5.74, 6) is -0.593. The van der Waals surface area contributed by atoms with Crippen molar-refractivity contribution in [2.75, 3.05) is 0 Å². The molecule has 0 aromatic heterocycles. The first-order valence-corrected chi connectivity index (χ1v) is 11.0. The topological polar surface area (TPSA) is 83.9 Å². The third kappa shape index (κ3) is 4.71. The van der Waals surface area contributed by atoms with Gasteiger partial charge in [0.2, 0.25) is 0 Å². The number of aliphatic hydroxyl groups is 2. The zero-order chi connectivity index (χ0) is 21.9. The lowest BCUT2D eigenvalue weighted by Gasteiger charge is -2.30. The molecular formula is C24H26BNO6. The molecule has 3 unspecified atom stereocenters. The number of rotatable bonds is 6. The quantitative estimate of drug-likeness (QED) is 0.516. The number of benzene rings is 2. The molecule has 1 aliphatic carbocycles. The van der Waals surface area contributed by atoms with Crippen LogP contribution in [0.25, 0.3) is 0 Å². The number of ether oxygens (including phenoxy) is 2.